The Morgan fingerprint density at radius 1 is 1.33 bits per heavy atom. The molecule has 1 N–H and O–H groups in total. The van der Waals surface area contributed by atoms with Crippen molar-refractivity contribution in [2.75, 3.05) is 11.9 Å². The number of nitrogens with one attached hydrogen (secondary N) is 1. The molecule has 1 saturated carbocycles. The molecule has 1 fully saturated rings. The molecule has 2 aliphatic rings. The molecule has 1 atom stereocenters. The molecule has 5 heteroatoms. The van der Waals surface area contributed by atoms with Gasteiger partial charge in [0, 0.05) is 32.1 Å². The lowest BCUT2D eigenvalue weighted by Gasteiger charge is -2.25. The van der Waals surface area contributed by atoms with Gasteiger partial charge in [-0.1, -0.05) is 0 Å². The van der Waals surface area contributed by atoms with Gasteiger partial charge in [-0.3, -0.25) is 0 Å². The minimum atomic E-state index is 0.593. The Morgan fingerprint density at radius 2 is 2.22 bits per heavy atom. The van der Waals surface area contributed by atoms with Gasteiger partial charge in [0.05, 0.1) is 6.04 Å². The SMILES string of the molecule is Cn1ccnc1-c1cc2n(n1)C(C1CC1)CCN2. The highest BCUT2D eigenvalue weighted by Gasteiger charge is 2.36. The third-order valence-electron chi connectivity index (χ3n) is 4.01. The van der Waals surface area contributed by atoms with Crippen LogP contribution in [0.4, 0.5) is 5.82 Å². The average molecular weight is 243 g/mol. The molecule has 2 aromatic rings. The zero-order chi connectivity index (χ0) is 12.1. The van der Waals surface area contributed by atoms with Crippen molar-refractivity contribution in [2.24, 2.45) is 13.0 Å². The number of nitrogens with zero attached hydrogens (tertiary/aromatic N) is 4. The van der Waals surface area contributed by atoms with Crippen molar-refractivity contribution >= 4 is 5.82 Å². The number of fused-ring (bicyclic) bond motifs is 1. The van der Waals surface area contributed by atoms with Crippen molar-refractivity contribution in [2.45, 2.75) is 25.3 Å². The predicted molar refractivity (Wildman–Crippen MR) is 69.3 cm³/mol. The fourth-order valence-corrected chi connectivity index (χ4v) is 2.89. The van der Waals surface area contributed by atoms with Gasteiger partial charge in [0.25, 0.3) is 0 Å². The van der Waals surface area contributed by atoms with Crippen LogP contribution in [-0.2, 0) is 7.05 Å². The lowest BCUT2D eigenvalue weighted by Crippen LogP contribution is -2.24. The van der Waals surface area contributed by atoms with Crippen LogP contribution in [-0.4, -0.2) is 25.9 Å². The first kappa shape index (κ1) is 10.2. The molecule has 1 aliphatic carbocycles. The second kappa shape index (κ2) is 3.60. The Hall–Kier alpha value is -1.78. The zero-order valence-corrected chi connectivity index (χ0v) is 10.5. The van der Waals surface area contributed by atoms with E-state index in [1.54, 1.807) is 0 Å². The van der Waals surface area contributed by atoms with Gasteiger partial charge in [-0.25, -0.2) is 9.67 Å². The number of aryl methyl sites for hydroxylation is 1. The van der Waals surface area contributed by atoms with Gasteiger partial charge in [0.2, 0.25) is 0 Å². The van der Waals surface area contributed by atoms with Crippen LogP contribution in [0.2, 0.25) is 0 Å². The normalized spacial score (nSPS) is 22.6. The zero-order valence-electron chi connectivity index (χ0n) is 10.5. The molecule has 0 saturated heterocycles. The van der Waals surface area contributed by atoms with Crippen molar-refractivity contribution < 1.29 is 0 Å². The fraction of sp³-hybridized carbons (Fsp3) is 0.538. The second-order valence-corrected chi connectivity index (χ2v) is 5.34. The summed E-state index contributed by atoms with van der Waals surface area (Å²) in [7, 11) is 2.01. The monoisotopic (exact) mass is 243 g/mol. The van der Waals surface area contributed by atoms with E-state index in [1.165, 1.54) is 19.3 Å². The molecule has 1 unspecified atom stereocenters. The van der Waals surface area contributed by atoms with E-state index < -0.39 is 0 Å². The standard InChI is InChI=1S/C13H17N5/c1-17-7-6-15-13(17)10-8-12-14-5-4-11(9-2-3-9)18(12)16-10/h6-9,11,14H,2-5H2,1H3. The molecule has 0 aromatic carbocycles. The number of hydrogen-bond acceptors (Lipinski definition) is 3. The van der Waals surface area contributed by atoms with Gasteiger partial charge in [0.1, 0.15) is 11.5 Å². The molecule has 2 aromatic heterocycles. The van der Waals surface area contributed by atoms with Gasteiger partial charge in [-0.2, -0.15) is 5.10 Å². The van der Waals surface area contributed by atoms with Crippen molar-refractivity contribution in [1.82, 2.24) is 19.3 Å². The van der Waals surface area contributed by atoms with Gasteiger partial charge < -0.3 is 9.88 Å². The van der Waals surface area contributed by atoms with E-state index in [0.29, 0.717) is 6.04 Å². The van der Waals surface area contributed by atoms with E-state index in [9.17, 15) is 0 Å². The Balaban J connectivity index is 1.77. The predicted octanol–water partition coefficient (Wildman–Crippen LogP) is 2.05. The molecule has 4 rings (SSSR count). The van der Waals surface area contributed by atoms with Crippen LogP contribution in [0, 0.1) is 5.92 Å². The van der Waals surface area contributed by atoms with Gasteiger partial charge in [-0.15, -0.1) is 0 Å². The Bertz CT molecular complexity index is 578. The highest BCUT2D eigenvalue weighted by atomic mass is 15.4. The van der Waals surface area contributed by atoms with Crippen molar-refractivity contribution in [3.05, 3.63) is 18.5 Å². The summed E-state index contributed by atoms with van der Waals surface area (Å²) in [6.07, 6.45) is 7.70. The first-order valence-electron chi connectivity index (χ1n) is 6.64. The number of anilines is 1. The van der Waals surface area contributed by atoms with E-state index in [2.05, 4.69) is 21.0 Å². The third-order valence-corrected chi connectivity index (χ3v) is 4.01. The first-order valence-corrected chi connectivity index (χ1v) is 6.64. The molecule has 18 heavy (non-hydrogen) atoms. The maximum absolute atomic E-state index is 4.77. The fourth-order valence-electron chi connectivity index (χ4n) is 2.89. The molecule has 1 aliphatic heterocycles. The van der Waals surface area contributed by atoms with E-state index >= 15 is 0 Å². The van der Waals surface area contributed by atoms with E-state index in [4.69, 9.17) is 5.10 Å². The van der Waals surface area contributed by atoms with Crippen molar-refractivity contribution in [1.29, 1.82) is 0 Å². The third kappa shape index (κ3) is 1.46. The van der Waals surface area contributed by atoms with Crippen LogP contribution in [0.3, 0.4) is 0 Å². The average Bonchev–Trinajstić information content (AvgIpc) is 2.98. The van der Waals surface area contributed by atoms with Crippen molar-refractivity contribution in [3.8, 4) is 11.5 Å². The van der Waals surface area contributed by atoms with E-state index in [-0.39, 0.29) is 0 Å². The maximum Gasteiger partial charge on any atom is 0.160 e. The van der Waals surface area contributed by atoms with Crippen molar-refractivity contribution in [3.63, 3.8) is 0 Å². The summed E-state index contributed by atoms with van der Waals surface area (Å²) in [6.45, 7) is 1.06. The van der Waals surface area contributed by atoms with Crippen LogP contribution in [0.1, 0.15) is 25.3 Å². The number of imidazole rings is 1. The van der Waals surface area contributed by atoms with Gasteiger partial charge >= 0.3 is 0 Å². The highest BCUT2D eigenvalue weighted by Crippen LogP contribution is 2.44. The molecule has 0 spiro atoms. The summed E-state index contributed by atoms with van der Waals surface area (Å²) in [5.74, 6) is 2.93. The summed E-state index contributed by atoms with van der Waals surface area (Å²) in [5.41, 5.74) is 0.970. The molecule has 0 bridgehead atoms. The van der Waals surface area contributed by atoms with E-state index in [0.717, 1.165) is 29.8 Å². The lowest BCUT2D eigenvalue weighted by atomic mass is 10.1. The van der Waals surface area contributed by atoms with Crippen LogP contribution in [0.5, 0.6) is 0 Å². The topological polar surface area (TPSA) is 47.7 Å². The van der Waals surface area contributed by atoms with Crippen LogP contribution < -0.4 is 5.32 Å². The Labute approximate surface area is 106 Å². The molecule has 94 valence electrons. The molecule has 0 amide bonds. The molecule has 0 radical (unpaired) electrons. The summed E-state index contributed by atoms with van der Waals surface area (Å²) < 4.78 is 4.20. The number of hydrogen-bond donors (Lipinski definition) is 1. The number of aromatic nitrogens is 4. The minimum Gasteiger partial charge on any atom is -0.370 e. The molecule has 3 heterocycles. The summed E-state index contributed by atoms with van der Waals surface area (Å²) in [4.78, 5) is 4.37. The minimum absolute atomic E-state index is 0.593. The Kier molecular flexibility index (Phi) is 2.04. The maximum atomic E-state index is 4.77. The Morgan fingerprint density at radius 3 is 2.94 bits per heavy atom. The van der Waals surface area contributed by atoms with E-state index in [1.807, 2.05) is 24.0 Å². The van der Waals surface area contributed by atoms with Crippen LogP contribution >= 0.6 is 0 Å². The van der Waals surface area contributed by atoms with Gasteiger partial charge in [-0.05, 0) is 25.2 Å². The molecular formula is C13H17N5. The van der Waals surface area contributed by atoms with Crippen LogP contribution in [0.15, 0.2) is 18.5 Å². The summed E-state index contributed by atoms with van der Waals surface area (Å²) in [5, 5.41) is 8.21. The quantitative estimate of drug-likeness (QED) is 0.878. The molecule has 5 nitrogen and oxygen atoms in total. The summed E-state index contributed by atoms with van der Waals surface area (Å²) in [6, 6.07) is 2.71. The number of rotatable bonds is 2. The lowest BCUT2D eigenvalue weighted by molar-refractivity contribution is 0.376. The summed E-state index contributed by atoms with van der Waals surface area (Å²) >= 11 is 0. The highest BCUT2D eigenvalue weighted by molar-refractivity contribution is 5.57. The van der Waals surface area contributed by atoms with Crippen LogP contribution in [0.25, 0.3) is 11.5 Å². The largest absolute Gasteiger partial charge is 0.370 e. The first-order chi connectivity index (χ1) is 8.83. The molecular weight excluding hydrogens is 226 g/mol. The smallest absolute Gasteiger partial charge is 0.160 e. The second-order valence-electron chi connectivity index (χ2n) is 5.34. The van der Waals surface area contributed by atoms with Gasteiger partial charge in [0.15, 0.2) is 5.82 Å².